The predicted octanol–water partition coefficient (Wildman–Crippen LogP) is 1.39. The van der Waals surface area contributed by atoms with E-state index in [1.54, 1.807) is 0 Å². The zero-order chi connectivity index (χ0) is 12.3. The first-order chi connectivity index (χ1) is 8.26. The molecular formula is C13H19N3O. The Morgan fingerprint density at radius 2 is 2.12 bits per heavy atom. The summed E-state index contributed by atoms with van der Waals surface area (Å²) in [5, 5.41) is 8.99. The lowest BCUT2D eigenvalue weighted by molar-refractivity contribution is 0.193. The van der Waals surface area contributed by atoms with Gasteiger partial charge in [0, 0.05) is 13.6 Å². The molecule has 1 aromatic heterocycles. The summed E-state index contributed by atoms with van der Waals surface area (Å²) in [5.74, 6) is 1.04. The molecule has 1 N–H and O–H groups in total. The molecule has 0 aliphatic rings. The van der Waals surface area contributed by atoms with E-state index in [1.807, 2.05) is 25.2 Å². The summed E-state index contributed by atoms with van der Waals surface area (Å²) in [4.78, 5) is 6.80. The van der Waals surface area contributed by atoms with Gasteiger partial charge in [-0.15, -0.1) is 0 Å². The molecule has 0 saturated carbocycles. The minimum absolute atomic E-state index is 0.192. The molecule has 2 aromatic rings. The maximum atomic E-state index is 8.99. The number of aromatic nitrogens is 2. The third-order valence-electron chi connectivity index (χ3n) is 3.11. The number of hydrogen-bond donors (Lipinski definition) is 1. The topological polar surface area (TPSA) is 41.3 Å². The Bertz CT molecular complexity index is 492. The molecule has 0 amide bonds. The van der Waals surface area contributed by atoms with Crippen LogP contribution in [0.5, 0.6) is 0 Å². The van der Waals surface area contributed by atoms with Crippen LogP contribution in [0.1, 0.15) is 12.7 Å². The average molecular weight is 233 g/mol. The molecule has 0 aliphatic carbocycles. The van der Waals surface area contributed by atoms with Crippen LogP contribution in [-0.4, -0.2) is 39.3 Å². The second-order valence-electron chi connectivity index (χ2n) is 4.17. The summed E-state index contributed by atoms with van der Waals surface area (Å²) in [6.07, 6.45) is 0. The van der Waals surface area contributed by atoms with Crippen molar-refractivity contribution in [1.29, 1.82) is 0 Å². The van der Waals surface area contributed by atoms with Crippen LogP contribution in [0.15, 0.2) is 24.3 Å². The number of aliphatic hydroxyl groups excluding tert-OH is 1. The van der Waals surface area contributed by atoms with Crippen LogP contribution < -0.4 is 0 Å². The number of rotatable bonds is 5. The number of benzene rings is 1. The van der Waals surface area contributed by atoms with Crippen molar-refractivity contribution >= 4 is 11.0 Å². The van der Waals surface area contributed by atoms with Crippen molar-refractivity contribution in [1.82, 2.24) is 14.5 Å². The third kappa shape index (κ3) is 2.48. The molecule has 4 heteroatoms. The summed E-state index contributed by atoms with van der Waals surface area (Å²) < 4.78 is 2.12. The minimum atomic E-state index is 0.192. The Morgan fingerprint density at radius 1 is 1.35 bits per heavy atom. The Kier molecular flexibility index (Phi) is 3.76. The van der Waals surface area contributed by atoms with Crippen LogP contribution >= 0.6 is 0 Å². The molecule has 92 valence electrons. The zero-order valence-electron chi connectivity index (χ0n) is 10.4. The highest BCUT2D eigenvalue weighted by atomic mass is 16.3. The molecule has 0 aliphatic heterocycles. The van der Waals surface area contributed by atoms with E-state index in [9.17, 15) is 0 Å². The van der Waals surface area contributed by atoms with Gasteiger partial charge in [0.1, 0.15) is 5.82 Å². The van der Waals surface area contributed by atoms with Gasteiger partial charge in [0.2, 0.25) is 0 Å². The van der Waals surface area contributed by atoms with Crippen molar-refractivity contribution < 1.29 is 5.11 Å². The largest absolute Gasteiger partial charge is 0.395 e. The summed E-state index contributed by atoms with van der Waals surface area (Å²) >= 11 is 0. The van der Waals surface area contributed by atoms with Crippen LogP contribution in [0, 0.1) is 0 Å². The molecule has 1 aromatic carbocycles. The molecule has 17 heavy (non-hydrogen) atoms. The van der Waals surface area contributed by atoms with E-state index in [0.29, 0.717) is 6.54 Å². The van der Waals surface area contributed by atoms with Gasteiger partial charge < -0.3 is 9.67 Å². The highest BCUT2D eigenvalue weighted by molar-refractivity contribution is 5.75. The number of hydrogen-bond acceptors (Lipinski definition) is 3. The van der Waals surface area contributed by atoms with Gasteiger partial charge in [-0.3, -0.25) is 4.90 Å². The molecular weight excluding hydrogens is 214 g/mol. The number of fused-ring (bicyclic) bond motifs is 1. The van der Waals surface area contributed by atoms with Gasteiger partial charge in [-0.2, -0.15) is 0 Å². The first-order valence-corrected chi connectivity index (χ1v) is 5.99. The maximum Gasteiger partial charge on any atom is 0.123 e. The highest BCUT2D eigenvalue weighted by Crippen LogP contribution is 2.15. The van der Waals surface area contributed by atoms with E-state index >= 15 is 0 Å². The number of nitrogens with zero attached hydrogens (tertiary/aromatic N) is 3. The zero-order valence-corrected chi connectivity index (χ0v) is 10.4. The van der Waals surface area contributed by atoms with Gasteiger partial charge in [-0.25, -0.2) is 4.98 Å². The fourth-order valence-electron chi connectivity index (χ4n) is 2.03. The smallest absolute Gasteiger partial charge is 0.123 e. The van der Waals surface area contributed by atoms with Crippen LogP contribution in [0.25, 0.3) is 11.0 Å². The minimum Gasteiger partial charge on any atom is -0.395 e. The molecule has 0 saturated heterocycles. The van der Waals surface area contributed by atoms with Gasteiger partial charge in [-0.05, 0) is 18.7 Å². The summed E-state index contributed by atoms with van der Waals surface area (Å²) in [7, 11) is 2.04. The van der Waals surface area contributed by atoms with Crippen molar-refractivity contribution in [3.05, 3.63) is 30.1 Å². The van der Waals surface area contributed by atoms with E-state index < -0.39 is 0 Å². The lowest BCUT2D eigenvalue weighted by atomic mass is 10.3. The third-order valence-corrected chi connectivity index (χ3v) is 3.11. The van der Waals surface area contributed by atoms with Crippen molar-refractivity contribution in [2.24, 2.45) is 7.05 Å². The van der Waals surface area contributed by atoms with E-state index in [1.165, 1.54) is 0 Å². The number of para-hydroxylation sites is 2. The Labute approximate surface area is 101 Å². The van der Waals surface area contributed by atoms with Crippen LogP contribution in [0.4, 0.5) is 0 Å². The van der Waals surface area contributed by atoms with E-state index in [0.717, 1.165) is 29.9 Å². The van der Waals surface area contributed by atoms with Gasteiger partial charge >= 0.3 is 0 Å². The standard InChI is InChI=1S/C13H19N3O/c1-3-16(8-9-17)10-13-14-11-6-4-5-7-12(11)15(13)2/h4-7,17H,3,8-10H2,1-2H3. The monoisotopic (exact) mass is 233 g/mol. The Morgan fingerprint density at radius 3 is 2.76 bits per heavy atom. The summed E-state index contributed by atoms with van der Waals surface area (Å²) in [6.45, 7) is 4.68. The van der Waals surface area contributed by atoms with Crippen LogP contribution in [-0.2, 0) is 13.6 Å². The maximum absolute atomic E-state index is 8.99. The first-order valence-electron chi connectivity index (χ1n) is 5.99. The lowest BCUT2D eigenvalue weighted by Crippen LogP contribution is -2.27. The Balaban J connectivity index is 2.26. The predicted molar refractivity (Wildman–Crippen MR) is 68.8 cm³/mol. The second-order valence-corrected chi connectivity index (χ2v) is 4.17. The highest BCUT2D eigenvalue weighted by Gasteiger charge is 2.10. The number of aliphatic hydroxyl groups is 1. The number of likely N-dealkylation sites (N-methyl/N-ethyl adjacent to an activating group) is 1. The van der Waals surface area contributed by atoms with E-state index in [2.05, 4.69) is 27.4 Å². The summed E-state index contributed by atoms with van der Waals surface area (Å²) in [5.41, 5.74) is 2.19. The lowest BCUT2D eigenvalue weighted by Gasteiger charge is -2.18. The quantitative estimate of drug-likeness (QED) is 0.848. The van der Waals surface area contributed by atoms with Crippen LogP contribution in [0.3, 0.4) is 0 Å². The molecule has 4 nitrogen and oxygen atoms in total. The van der Waals surface area contributed by atoms with Crippen molar-refractivity contribution in [3.63, 3.8) is 0 Å². The molecule has 0 atom stereocenters. The second kappa shape index (κ2) is 5.29. The SMILES string of the molecule is CCN(CCO)Cc1nc2ccccc2n1C. The van der Waals surface area contributed by atoms with Crippen molar-refractivity contribution in [2.75, 3.05) is 19.7 Å². The normalized spacial score (nSPS) is 11.5. The van der Waals surface area contributed by atoms with Crippen molar-refractivity contribution in [2.45, 2.75) is 13.5 Å². The Hall–Kier alpha value is -1.39. The summed E-state index contributed by atoms with van der Waals surface area (Å²) in [6, 6.07) is 8.14. The van der Waals surface area contributed by atoms with Crippen molar-refractivity contribution in [3.8, 4) is 0 Å². The van der Waals surface area contributed by atoms with Gasteiger partial charge in [0.15, 0.2) is 0 Å². The fourth-order valence-corrected chi connectivity index (χ4v) is 2.03. The molecule has 0 spiro atoms. The molecule has 0 bridgehead atoms. The fraction of sp³-hybridized carbons (Fsp3) is 0.462. The van der Waals surface area contributed by atoms with Crippen LogP contribution in [0.2, 0.25) is 0 Å². The molecule has 2 rings (SSSR count). The molecule has 0 fully saturated rings. The number of aryl methyl sites for hydroxylation is 1. The van der Waals surface area contributed by atoms with Gasteiger partial charge in [-0.1, -0.05) is 19.1 Å². The number of imidazole rings is 1. The van der Waals surface area contributed by atoms with E-state index in [-0.39, 0.29) is 6.61 Å². The molecule has 0 unspecified atom stereocenters. The van der Waals surface area contributed by atoms with Gasteiger partial charge in [0.25, 0.3) is 0 Å². The van der Waals surface area contributed by atoms with Gasteiger partial charge in [0.05, 0.1) is 24.2 Å². The average Bonchev–Trinajstić information content (AvgIpc) is 2.66. The molecule has 1 heterocycles. The first kappa shape index (κ1) is 12.1. The van der Waals surface area contributed by atoms with E-state index in [4.69, 9.17) is 5.11 Å². The molecule has 0 radical (unpaired) electrons.